The second-order valence-electron chi connectivity index (χ2n) is 0. The number of hydrogen-bond donors (Lipinski definition) is 0. The quantitative estimate of drug-likeness (QED) is 0.579. The Bertz CT molecular complexity index is 13.0. The van der Waals surface area contributed by atoms with Crippen LogP contribution in [0.25, 0.3) is 36.9 Å². The van der Waals surface area contributed by atoms with Crippen LogP contribution in [0.15, 0.2) is 0 Å². The van der Waals surface area contributed by atoms with E-state index in [0.29, 0.717) is 0 Å². The van der Waals surface area contributed by atoms with E-state index < -0.39 is 0 Å². The molecule has 0 heterocycles. The molecule has 0 rings (SSSR count). The maximum absolute atomic E-state index is 0. The summed E-state index contributed by atoms with van der Waals surface area (Å²) in [6.45, 7) is 0. The largest absolute Gasteiger partial charge is 3.00 e. The number of nitrogens with two attached hydrogens (primary N) is 6. The van der Waals surface area contributed by atoms with Gasteiger partial charge in [0.1, 0.15) is 0 Å². The van der Waals surface area contributed by atoms with E-state index in [0.717, 1.165) is 0 Å². The molecule has 0 aromatic rings. The summed E-state index contributed by atoms with van der Waals surface area (Å²) >= 11 is 0. The first-order valence-corrected chi connectivity index (χ1v) is 0. The molecule has 0 aromatic carbocycles. The van der Waals surface area contributed by atoms with Gasteiger partial charge in [-0.15, -0.1) is 0 Å². The number of hydrogen-bond acceptors (Lipinski definition) is 3. The molecular weight excluding hydrogens is 235 g/mol. The average Bonchev–Trinajstić information content (AvgIpc) is 0. The minimum Gasteiger partial charge on any atom is -0.870 e. The van der Waals surface area contributed by atoms with Crippen molar-refractivity contribution in [3.05, 3.63) is 36.9 Å². The predicted octanol–water partition coefficient (Wildman–Crippen LogP) is 3.77. The van der Waals surface area contributed by atoms with Gasteiger partial charge in [0, 0.05) is 0 Å². The molecule has 0 fully saturated rings. The van der Waals surface area contributed by atoms with E-state index in [9.17, 15) is 0 Å². The second-order valence-corrected chi connectivity index (χ2v) is 0. The molecule has 15 N–H and O–H groups in total. The molecule has 0 aliphatic rings. The molecular formula is H15N6O3Rh-6. The van der Waals surface area contributed by atoms with Crippen molar-refractivity contribution in [2.45, 2.75) is 0 Å². The van der Waals surface area contributed by atoms with Crippen molar-refractivity contribution >= 4 is 0 Å². The normalized spacial score (nSPS) is 0. The van der Waals surface area contributed by atoms with Crippen LogP contribution in [0.2, 0.25) is 0 Å². The fourth-order valence-corrected chi connectivity index (χ4v) is 0. The smallest absolute Gasteiger partial charge is 0.870 e. The van der Waals surface area contributed by atoms with Crippen LogP contribution in [0.1, 0.15) is 0 Å². The van der Waals surface area contributed by atoms with Crippen LogP contribution in [-0.2, 0) is 19.5 Å². The van der Waals surface area contributed by atoms with Crippen molar-refractivity contribution in [3.63, 3.8) is 0 Å². The van der Waals surface area contributed by atoms with Gasteiger partial charge in [0.05, 0.1) is 0 Å². The first-order chi connectivity index (χ1) is 0. The SMILES string of the molecule is [NH2-].[NH2-].[NH2-].[NH2-].[NH2-].[NH2-].[OH-].[OH-].[OH-].[Rh+3]. The van der Waals surface area contributed by atoms with E-state index in [2.05, 4.69) is 0 Å². The summed E-state index contributed by atoms with van der Waals surface area (Å²) < 4.78 is 0. The third-order valence-corrected chi connectivity index (χ3v) is 0. The van der Waals surface area contributed by atoms with Gasteiger partial charge in [0.25, 0.3) is 0 Å². The van der Waals surface area contributed by atoms with E-state index >= 15 is 0 Å². The fourth-order valence-electron chi connectivity index (χ4n) is 0. The van der Waals surface area contributed by atoms with Crippen molar-refractivity contribution in [3.8, 4) is 0 Å². The van der Waals surface area contributed by atoms with Crippen molar-refractivity contribution in [1.29, 1.82) is 0 Å². The standard InChI is InChI=1S/6H2N.3H2O.Rh/h9*1H2;/q6*-1;;;;+3/p-3. The zero-order chi connectivity index (χ0) is 0. The molecule has 9 nitrogen and oxygen atoms in total. The molecule has 0 aliphatic heterocycles. The van der Waals surface area contributed by atoms with E-state index in [1.165, 1.54) is 0 Å². The summed E-state index contributed by atoms with van der Waals surface area (Å²) in [6.07, 6.45) is 0. The Hall–Kier alpha value is 0.263. The zero-order valence-corrected chi connectivity index (χ0v) is 6.78. The van der Waals surface area contributed by atoms with Crippen LogP contribution < -0.4 is 0 Å². The topological polar surface area (TPSA) is 291 Å². The molecule has 10 heavy (non-hydrogen) atoms. The number of rotatable bonds is 0. The van der Waals surface area contributed by atoms with E-state index in [-0.39, 0.29) is 72.8 Å². The Kier molecular flexibility index (Phi) is 11600000. The molecule has 10 heteroatoms. The minimum atomic E-state index is 0. The van der Waals surface area contributed by atoms with Crippen LogP contribution in [0, 0.1) is 0 Å². The molecule has 0 aromatic heterocycles. The third kappa shape index (κ3) is 6280. The molecule has 0 bridgehead atoms. The Morgan fingerprint density at radius 2 is 0.300 bits per heavy atom. The van der Waals surface area contributed by atoms with Gasteiger partial charge in [-0.05, 0) is 0 Å². The Balaban J connectivity index is 0. The van der Waals surface area contributed by atoms with Crippen molar-refractivity contribution < 1.29 is 35.9 Å². The third-order valence-electron chi connectivity index (χ3n) is 0. The molecule has 0 radical (unpaired) electrons. The molecule has 0 aliphatic carbocycles. The Labute approximate surface area is 73.5 Å². The van der Waals surface area contributed by atoms with Crippen molar-refractivity contribution in [2.75, 3.05) is 0 Å². The summed E-state index contributed by atoms with van der Waals surface area (Å²) in [7, 11) is 0. The Morgan fingerprint density at radius 3 is 0.300 bits per heavy atom. The predicted molar refractivity (Wildman–Crippen MR) is 37.5 cm³/mol. The van der Waals surface area contributed by atoms with Crippen molar-refractivity contribution in [2.24, 2.45) is 0 Å². The van der Waals surface area contributed by atoms with Gasteiger partial charge in [-0.2, -0.15) is 0 Å². The van der Waals surface area contributed by atoms with Gasteiger partial charge in [0.15, 0.2) is 0 Å². The molecule has 0 amide bonds. The zero-order valence-electron chi connectivity index (χ0n) is 5.14. The van der Waals surface area contributed by atoms with Crippen LogP contribution >= 0.6 is 0 Å². The van der Waals surface area contributed by atoms with Gasteiger partial charge in [-0.1, -0.05) is 0 Å². The first kappa shape index (κ1) is 12700. The van der Waals surface area contributed by atoms with Gasteiger partial charge < -0.3 is 53.3 Å². The maximum atomic E-state index is 0. The summed E-state index contributed by atoms with van der Waals surface area (Å²) in [5.74, 6) is 0. The fraction of sp³-hybridized carbons (Fsp3) is 0. The molecule has 0 saturated heterocycles. The molecule has 0 spiro atoms. The maximum Gasteiger partial charge on any atom is 3.00 e. The summed E-state index contributed by atoms with van der Waals surface area (Å²) in [6, 6.07) is 0. The second kappa shape index (κ2) is 9120. The summed E-state index contributed by atoms with van der Waals surface area (Å²) in [5, 5.41) is 0. The van der Waals surface area contributed by atoms with Gasteiger partial charge in [-0.25, -0.2) is 0 Å². The summed E-state index contributed by atoms with van der Waals surface area (Å²) in [5.41, 5.74) is 0. The molecule has 78 valence electrons. The summed E-state index contributed by atoms with van der Waals surface area (Å²) in [4.78, 5) is 0. The molecule has 0 atom stereocenters. The molecule has 0 unspecified atom stereocenters. The minimum absolute atomic E-state index is 0. The van der Waals surface area contributed by atoms with E-state index in [1.807, 2.05) is 0 Å². The van der Waals surface area contributed by atoms with Crippen LogP contribution in [0.4, 0.5) is 0 Å². The van der Waals surface area contributed by atoms with Gasteiger partial charge in [-0.3, -0.25) is 0 Å². The average molecular weight is 250 g/mol. The first-order valence-electron chi connectivity index (χ1n) is 0. The van der Waals surface area contributed by atoms with Crippen LogP contribution in [-0.4, -0.2) is 16.4 Å². The monoisotopic (exact) mass is 250 g/mol. The Morgan fingerprint density at radius 1 is 0.300 bits per heavy atom. The van der Waals surface area contributed by atoms with Gasteiger partial charge >= 0.3 is 19.5 Å². The van der Waals surface area contributed by atoms with E-state index in [4.69, 9.17) is 0 Å². The van der Waals surface area contributed by atoms with Crippen LogP contribution in [0.3, 0.4) is 0 Å². The van der Waals surface area contributed by atoms with E-state index in [1.54, 1.807) is 0 Å². The van der Waals surface area contributed by atoms with Crippen LogP contribution in [0.5, 0.6) is 0 Å². The van der Waals surface area contributed by atoms with Crippen molar-refractivity contribution in [1.82, 2.24) is 0 Å². The molecule has 0 saturated carbocycles. The van der Waals surface area contributed by atoms with Gasteiger partial charge in [0.2, 0.25) is 0 Å².